The van der Waals surface area contributed by atoms with Crippen molar-refractivity contribution in [2.75, 3.05) is 18.5 Å². The van der Waals surface area contributed by atoms with E-state index in [9.17, 15) is 4.79 Å². The molecule has 1 amide bonds. The molecule has 0 aromatic carbocycles. The molecule has 2 rings (SSSR count). The first-order valence-electron chi connectivity index (χ1n) is 5.37. The summed E-state index contributed by atoms with van der Waals surface area (Å²) in [6, 6.07) is 3.13. The zero-order chi connectivity index (χ0) is 12.3. The number of hydrogen-bond acceptors (Lipinski definition) is 3. The molecule has 0 spiro atoms. The van der Waals surface area contributed by atoms with E-state index < -0.39 is 0 Å². The first kappa shape index (κ1) is 12.9. The van der Waals surface area contributed by atoms with Gasteiger partial charge in [-0.05, 0) is 36.6 Å². The molecule has 1 aliphatic heterocycles. The number of halogens is 2. The minimum Gasteiger partial charge on any atom is -0.440 e. The van der Waals surface area contributed by atoms with Gasteiger partial charge >= 0.3 is 0 Å². The minimum absolute atomic E-state index is 0.218. The van der Waals surface area contributed by atoms with Crippen molar-refractivity contribution in [1.82, 2.24) is 5.32 Å². The molecule has 0 atom stereocenters. The third-order valence-electron chi connectivity index (χ3n) is 2.88. The average molecular weight is 323 g/mol. The van der Waals surface area contributed by atoms with E-state index in [1.165, 1.54) is 0 Å². The Labute approximate surface area is 113 Å². The SMILES string of the molecule is O=C(NC1(CBr)CCOCC1)c1ccc(Cl)o1. The lowest BCUT2D eigenvalue weighted by Gasteiger charge is -2.36. The molecule has 1 aromatic rings. The van der Waals surface area contributed by atoms with Gasteiger partial charge < -0.3 is 14.5 Å². The van der Waals surface area contributed by atoms with Crippen LogP contribution in [-0.4, -0.2) is 30.0 Å². The van der Waals surface area contributed by atoms with Crippen LogP contribution in [0.25, 0.3) is 0 Å². The molecule has 17 heavy (non-hydrogen) atoms. The van der Waals surface area contributed by atoms with E-state index in [1.54, 1.807) is 12.1 Å². The summed E-state index contributed by atoms with van der Waals surface area (Å²) in [5.74, 6) is 0.0000619. The standard InChI is InChI=1S/C11H13BrClNO3/c12-7-11(3-5-16-6-4-11)14-10(15)8-1-2-9(13)17-8/h1-2H,3-7H2,(H,14,15). The van der Waals surface area contributed by atoms with Crippen LogP contribution in [0.3, 0.4) is 0 Å². The number of nitrogens with one attached hydrogen (secondary N) is 1. The Morgan fingerprint density at radius 1 is 1.47 bits per heavy atom. The summed E-state index contributed by atoms with van der Waals surface area (Å²) in [6.07, 6.45) is 1.58. The lowest BCUT2D eigenvalue weighted by Crippen LogP contribution is -2.53. The van der Waals surface area contributed by atoms with Crippen molar-refractivity contribution >= 4 is 33.4 Å². The maximum atomic E-state index is 12.0. The quantitative estimate of drug-likeness (QED) is 0.870. The zero-order valence-corrected chi connectivity index (χ0v) is 11.5. The highest BCUT2D eigenvalue weighted by Crippen LogP contribution is 2.24. The van der Waals surface area contributed by atoms with Crippen LogP contribution in [0.15, 0.2) is 16.5 Å². The van der Waals surface area contributed by atoms with Crippen molar-refractivity contribution < 1.29 is 13.9 Å². The Kier molecular flexibility index (Phi) is 4.12. The molecule has 1 saturated heterocycles. The highest BCUT2D eigenvalue weighted by molar-refractivity contribution is 9.09. The van der Waals surface area contributed by atoms with Crippen molar-refractivity contribution in [2.24, 2.45) is 0 Å². The van der Waals surface area contributed by atoms with Crippen LogP contribution in [0.4, 0.5) is 0 Å². The van der Waals surface area contributed by atoms with Crippen LogP contribution < -0.4 is 5.32 Å². The largest absolute Gasteiger partial charge is 0.440 e. The zero-order valence-electron chi connectivity index (χ0n) is 9.17. The molecular formula is C11H13BrClNO3. The normalized spacial score (nSPS) is 18.9. The minimum atomic E-state index is -0.255. The van der Waals surface area contributed by atoms with E-state index in [-0.39, 0.29) is 22.4 Å². The van der Waals surface area contributed by atoms with Crippen LogP contribution in [0, 0.1) is 0 Å². The lowest BCUT2D eigenvalue weighted by atomic mass is 9.92. The maximum Gasteiger partial charge on any atom is 0.287 e. The van der Waals surface area contributed by atoms with Gasteiger partial charge in [0.15, 0.2) is 11.0 Å². The maximum absolute atomic E-state index is 12.0. The molecule has 0 saturated carbocycles. The number of ether oxygens (including phenoxy) is 1. The molecule has 6 heteroatoms. The fourth-order valence-corrected chi connectivity index (χ4v) is 2.64. The van der Waals surface area contributed by atoms with Gasteiger partial charge in [0, 0.05) is 18.5 Å². The monoisotopic (exact) mass is 321 g/mol. The third kappa shape index (κ3) is 3.03. The van der Waals surface area contributed by atoms with E-state index >= 15 is 0 Å². The Morgan fingerprint density at radius 2 is 2.18 bits per heavy atom. The molecule has 1 aromatic heterocycles. The summed E-state index contributed by atoms with van der Waals surface area (Å²) in [4.78, 5) is 12.0. The van der Waals surface area contributed by atoms with Crippen molar-refractivity contribution in [3.05, 3.63) is 23.1 Å². The summed E-state index contributed by atoms with van der Waals surface area (Å²) >= 11 is 9.09. The van der Waals surface area contributed by atoms with Crippen molar-refractivity contribution in [1.29, 1.82) is 0 Å². The van der Waals surface area contributed by atoms with Gasteiger partial charge in [-0.25, -0.2) is 0 Å². The second-order valence-corrected chi connectivity index (χ2v) is 5.02. The molecule has 0 bridgehead atoms. The highest BCUT2D eigenvalue weighted by Gasteiger charge is 2.33. The van der Waals surface area contributed by atoms with Gasteiger partial charge in [-0.3, -0.25) is 4.79 Å². The van der Waals surface area contributed by atoms with E-state index in [1.807, 2.05) is 0 Å². The predicted octanol–water partition coefficient (Wildman–Crippen LogP) is 2.61. The lowest BCUT2D eigenvalue weighted by molar-refractivity contribution is 0.0433. The van der Waals surface area contributed by atoms with Crippen LogP contribution in [0.5, 0.6) is 0 Å². The molecule has 0 unspecified atom stereocenters. The first-order valence-corrected chi connectivity index (χ1v) is 6.87. The van der Waals surface area contributed by atoms with Gasteiger partial charge in [0.05, 0.1) is 5.54 Å². The summed E-state index contributed by atoms with van der Waals surface area (Å²) in [7, 11) is 0. The van der Waals surface area contributed by atoms with Crippen molar-refractivity contribution in [3.8, 4) is 0 Å². The summed E-state index contributed by atoms with van der Waals surface area (Å²) in [5.41, 5.74) is -0.255. The number of amides is 1. The number of rotatable bonds is 3. The number of hydrogen-bond donors (Lipinski definition) is 1. The van der Waals surface area contributed by atoms with E-state index in [0.29, 0.717) is 18.5 Å². The Balaban J connectivity index is 2.05. The average Bonchev–Trinajstić information content (AvgIpc) is 2.77. The molecule has 1 fully saturated rings. The number of alkyl halides is 1. The third-order valence-corrected chi connectivity index (χ3v) is 4.16. The number of carbonyl (C=O) groups excluding carboxylic acids is 1. The molecule has 0 aliphatic carbocycles. The smallest absolute Gasteiger partial charge is 0.287 e. The van der Waals surface area contributed by atoms with E-state index in [2.05, 4.69) is 21.2 Å². The van der Waals surface area contributed by atoms with Crippen LogP contribution in [0.1, 0.15) is 23.4 Å². The highest BCUT2D eigenvalue weighted by atomic mass is 79.9. The van der Waals surface area contributed by atoms with Crippen molar-refractivity contribution in [3.63, 3.8) is 0 Å². The van der Waals surface area contributed by atoms with Gasteiger partial charge in [-0.1, -0.05) is 15.9 Å². The molecule has 1 aliphatic rings. The number of furan rings is 1. The molecule has 94 valence electrons. The van der Waals surface area contributed by atoms with Gasteiger partial charge in [0.1, 0.15) is 0 Å². The summed E-state index contributed by atoms with van der Waals surface area (Å²) < 4.78 is 10.4. The van der Waals surface area contributed by atoms with Gasteiger partial charge in [0.25, 0.3) is 5.91 Å². The Bertz CT molecular complexity index is 401. The van der Waals surface area contributed by atoms with Crippen molar-refractivity contribution in [2.45, 2.75) is 18.4 Å². The fourth-order valence-electron chi connectivity index (χ4n) is 1.79. The van der Waals surface area contributed by atoms with Gasteiger partial charge in [-0.15, -0.1) is 0 Å². The molecular weight excluding hydrogens is 309 g/mol. The molecule has 1 N–H and O–H groups in total. The molecule has 2 heterocycles. The fraction of sp³-hybridized carbons (Fsp3) is 0.545. The Morgan fingerprint density at radius 3 is 2.71 bits per heavy atom. The topological polar surface area (TPSA) is 51.5 Å². The molecule has 4 nitrogen and oxygen atoms in total. The number of carbonyl (C=O) groups is 1. The second kappa shape index (κ2) is 5.42. The molecule has 0 radical (unpaired) electrons. The van der Waals surface area contributed by atoms with Crippen LogP contribution in [0.2, 0.25) is 5.22 Å². The van der Waals surface area contributed by atoms with E-state index in [0.717, 1.165) is 12.8 Å². The van der Waals surface area contributed by atoms with E-state index in [4.69, 9.17) is 20.8 Å². The van der Waals surface area contributed by atoms with Crippen LogP contribution in [-0.2, 0) is 4.74 Å². The summed E-state index contributed by atoms with van der Waals surface area (Å²) in [6.45, 7) is 1.32. The van der Waals surface area contributed by atoms with Crippen LogP contribution >= 0.6 is 27.5 Å². The predicted molar refractivity (Wildman–Crippen MR) is 67.8 cm³/mol. The Hall–Kier alpha value is -0.520. The summed E-state index contributed by atoms with van der Waals surface area (Å²) in [5, 5.41) is 3.91. The van der Waals surface area contributed by atoms with Gasteiger partial charge in [-0.2, -0.15) is 0 Å². The van der Waals surface area contributed by atoms with Gasteiger partial charge in [0.2, 0.25) is 0 Å². The second-order valence-electron chi connectivity index (χ2n) is 4.08. The first-order chi connectivity index (χ1) is 8.15.